The van der Waals surface area contributed by atoms with Gasteiger partial charge in [-0.15, -0.1) is 0 Å². The highest BCUT2D eigenvalue weighted by atomic mass is 35.5. The minimum absolute atomic E-state index is 0.219. The first-order valence-electron chi connectivity index (χ1n) is 8.00. The molecule has 0 spiro atoms. The molecular formula is C18H13ClN5O2+. The second-order valence-electron chi connectivity index (χ2n) is 5.95. The van der Waals surface area contributed by atoms with Gasteiger partial charge in [0.15, 0.2) is 11.5 Å². The molecule has 128 valence electrons. The normalized spacial score (nSPS) is 12.7. The molecule has 0 saturated heterocycles. The molecule has 0 amide bonds. The van der Waals surface area contributed by atoms with Gasteiger partial charge in [-0.05, 0) is 42.6 Å². The third-order valence-corrected chi connectivity index (χ3v) is 4.73. The van der Waals surface area contributed by atoms with Crippen molar-refractivity contribution in [2.24, 2.45) is 0 Å². The van der Waals surface area contributed by atoms with Crippen LogP contribution in [0.15, 0.2) is 42.5 Å². The Morgan fingerprint density at radius 3 is 2.69 bits per heavy atom. The standard InChI is InChI=1S/C18H13ClN5O2/c1-10-6-11-7-15-16(26-9-25-15)8-13(11)17(12-4-2-3-5-14(12)19)24(10)18-20-22-23-21-18/h2-8H,9H2,1H3,(H,20,21,22,23)/q+1. The zero-order valence-electron chi connectivity index (χ0n) is 13.7. The fourth-order valence-corrected chi connectivity index (χ4v) is 3.52. The lowest BCUT2D eigenvalue weighted by atomic mass is 10.0. The number of hydrogen-bond donors (Lipinski definition) is 1. The van der Waals surface area contributed by atoms with Gasteiger partial charge in [0.05, 0.1) is 15.8 Å². The number of hydrogen-bond acceptors (Lipinski definition) is 5. The number of tetrazole rings is 1. The van der Waals surface area contributed by atoms with E-state index < -0.39 is 0 Å². The fourth-order valence-electron chi connectivity index (χ4n) is 3.30. The zero-order chi connectivity index (χ0) is 17.7. The summed E-state index contributed by atoms with van der Waals surface area (Å²) >= 11 is 6.53. The molecule has 0 fully saturated rings. The summed E-state index contributed by atoms with van der Waals surface area (Å²) in [6.07, 6.45) is 0. The second-order valence-corrected chi connectivity index (χ2v) is 6.36. The Labute approximate surface area is 153 Å². The highest BCUT2D eigenvalue weighted by Gasteiger charge is 2.26. The Morgan fingerprint density at radius 2 is 1.92 bits per heavy atom. The summed E-state index contributed by atoms with van der Waals surface area (Å²) in [4.78, 5) is 0. The number of halogens is 1. The number of fused-ring (bicyclic) bond motifs is 2. The number of ether oxygens (including phenoxy) is 2. The number of rotatable bonds is 2. The van der Waals surface area contributed by atoms with E-state index in [1.54, 1.807) is 0 Å². The van der Waals surface area contributed by atoms with E-state index in [2.05, 4.69) is 20.6 Å². The number of nitrogens with one attached hydrogen (secondary N) is 1. The van der Waals surface area contributed by atoms with Crippen LogP contribution in [0, 0.1) is 6.92 Å². The predicted octanol–water partition coefficient (Wildman–Crippen LogP) is 2.99. The molecule has 2 aromatic carbocycles. The van der Waals surface area contributed by atoms with Gasteiger partial charge in [-0.3, -0.25) is 0 Å². The van der Waals surface area contributed by atoms with Crippen molar-refractivity contribution in [1.29, 1.82) is 0 Å². The van der Waals surface area contributed by atoms with Gasteiger partial charge in [-0.25, -0.2) is 0 Å². The summed E-state index contributed by atoms with van der Waals surface area (Å²) in [5.74, 6) is 1.88. The molecule has 0 saturated carbocycles. The van der Waals surface area contributed by atoms with E-state index >= 15 is 0 Å². The largest absolute Gasteiger partial charge is 0.483 e. The first-order chi connectivity index (χ1) is 12.7. The highest BCUT2D eigenvalue weighted by Crippen LogP contribution is 2.40. The number of pyridine rings is 1. The van der Waals surface area contributed by atoms with Gasteiger partial charge in [0.1, 0.15) is 5.69 Å². The van der Waals surface area contributed by atoms with Crippen LogP contribution in [0.1, 0.15) is 5.69 Å². The molecule has 1 aliphatic heterocycles. The molecule has 2 aromatic heterocycles. The van der Waals surface area contributed by atoms with Gasteiger partial charge in [0, 0.05) is 21.3 Å². The number of aromatic amines is 1. The van der Waals surface area contributed by atoms with Crippen LogP contribution in [0.25, 0.3) is 28.0 Å². The summed E-state index contributed by atoms with van der Waals surface area (Å²) in [6.45, 7) is 2.21. The lowest BCUT2D eigenvalue weighted by Crippen LogP contribution is -2.38. The molecule has 1 aliphatic rings. The van der Waals surface area contributed by atoms with Crippen molar-refractivity contribution in [2.75, 3.05) is 6.79 Å². The Morgan fingerprint density at radius 1 is 1.12 bits per heavy atom. The molecule has 3 heterocycles. The van der Waals surface area contributed by atoms with Gasteiger partial charge in [-0.1, -0.05) is 28.9 Å². The van der Waals surface area contributed by atoms with Crippen LogP contribution < -0.4 is 14.0 Å². The van der Waals surface area contributed by atoms with Gasteiger partial charge < -0.3 is 9.47 Å². The van der Waals surface area contributed by atoms with Crippen LogP contribution in [0.2, 0.25) is 5.02 Å². The molecule has 26 heavy (non-hydrogen) atoms. The Balaban J connectivity index is 1.95. The lowest BCUT2D eigenvalue weighted by molar-refractivity contribution is -0.597. The van der Waals surface area contributed by atoms with Crippen LogP contribution in [-0.4, -0.2) is 27.4 Å². The number of nitrogens with zero attached hydrogens (tertiary/aromatic N) is 4. The van der Waals surface area contributed by atoms with E-state index in [9.17, 15) is 0 Å². The SMILES string of the molecule is Cc1cc2cc3c(cc2c(-c2ccccc2Cl)[n+]1-c1nn[nH]n1)OCO3. The van der Waals surface area contributed by atoms with Crippen molar-refractivity contribution in [1.82, 2.24) is 20.6 Å². The molecule has 7 nitrogen and oxygen atoms in total. The second kappa shape index (κ2) is 5.67. The average Bonchev–Trinajstić information content (AvgIpc) is 3.31. The fraction of sp³-hybridized carbons (Fsp3) is 0.111. The Kier molecular flexibility index (Phi) is 3.29. The summed E-state index contributed by atoms with van der Waals surface area (Å²) in [5.41, 5.74) is 2.67. The molecule has 0 aliphatic carbocycles. The quantitative estimate of drug-likeness (QED) is 0.552. The first-order valence-corrected chi connectivity index (χ1v) is 8.38. The van der Waals surface area contributed by atoms with E-state index in [-0.39, 0.29) is 6.79 Å². The molecule has 8 heteroatoms. The maximum Gasteiger partial charge on any atom is 0.483 e. The average molecular weight is 367 g/mol. The summed E-state index contributed by atoms with van der Waals surface area (Å²) in [7, 11) is 0. The summed E-state index contributed by atoms with van der Waals surface area (Å²) in [6, 6.07) is 13.7. The van der Waals surface area contributed by atoms with Crippen LogP contribution in [0.4, 0.5) is 0 Å². The first kappa shape index (κ1) is 15.1. The van der Waals surface area contributed by atoms with Crippen molar-refractivity contribution in [3.63, 3.8) is 0 Å². The molecular weight excluding hydrogens is 354 g/mol. The van der Waals surface area contributed by atoms with Gasteiger partial charge in [0.2, 0.25) is 6.79 Å². The molecule has 4 aromatic rings. The number of H-pyrrole nitrogens is 1. The summed E-state index contributed by atoms with van der Waals surface area (Å²) in [5, 5.41) is 17.1. The Bertz CT molecular complexity index is 1140. The van der Waals surface area contributed by atoms with Crippen molar-refractivity contribution < 1.29 is 14.0 Å². The molecule has 0 bridgehead atoms. The maximum absolute atomic E-state index is 6.53. The van der Waals surface area contributed by atoms with Crippen molar-refractivity contribution in [3.8, 4) is 28.7 Å². The van der Waals surface area contributed by atoms with Crippen LogP contribution in [0.3, 0.4) is 0 Å². The van der Waals surface area contributed by atoms with Gasteiger partial charge in [-0.2, -0.15) is 4.57 Å². The third-order valence-electron chi connectivity index (χ3n) is 4.40. The zero-order valence-corrected chi connectivity index (χ0v) is 14.5. The Hall–Kier alpha value is -3.19. The van der Waals surface area contributed by atoms with Crippen molar-refractivity contribution in [2.45, 2.75) is 6.92 Å². The van der Waals surface area contributed by atoms with Gasteiger partial charge >= 0.3 is 5.95 Å². The van der Waals surface area contributed by atoms with E-state index in [1.807, 2.05) is 54.0 Å². The predicted molar refractivity (Wildman–Crippen MR) is 94.5 cm³/mol. The monoisotopic (exact) mass is 366 g/mol. The van der Waals surface area contributed by atoms with Crippen molar-refractivity contribution in [3.05, 3.63) is 53.2 Å². The van der Waals surface area contributed by atoms with E-state index in [4.69, 9.17) is 21.1 Å². The minimum atomic E-state index is 0.219. The van der Waals surface area contributed by atoms with E-state index in [0.29, 0.717) is 16.7 Å². The summed E-state index contributed by atoms with van der Waals surface area (Å²) < 4.78 is 13.0. The van der Waals surface area contributed by atoms with E-state index in [1.165, 1.54) is 0 Å². The van der Waals surface area contributed by atoms with Crippen LogP contribution >= 0.6 is 11.6 Å². The minimum Gasteiger partial charge on any atom is -0.454 e. The number of aryl methyl sites for hydroxylation is 1. The molecule has 0 unspecified atom stereocenters. The highest BCUT2D eigenvalue weighted by molar-refractivity contribution is 6.33. The molecule has 0 atom stereocenters. The maximum atomic E-state index is 6.53. The van der Waals surface area contributed by atoms with Crippen molar-refractivity contribution >= 4 is 22.4 Å². The molecule has 1 N–H and O–H groups in total. The van der Waals surface area contributed by atoms with Crippen LogP contribution in [0.5, 0.6) is 11.5 Å². The van der Waals surface area contributed by atoms with Gasteiger partial charge in [0.25, 0.3) is 0 Å². The van der Waals surface area contributed by atoms with Crippen LogP contribution in [-0.2, 0) is 0 Å². The molecule has 5 rings (SSSR count). The lowest BCUT2D eigenvalue weighted by Gasteiger charge is -2.14. The molecule has 0 radical (unpaired) electrons. The third kappa shape index (κ3) is 2.21. The topological polar surface area (TPSA) is 76.8 Å². The number of aromatic nitrogens is 5. The smallest absolute Gasteiger partial charge is 0.454 e. The van der Waals surface area contributed by atoms with E-state index in [0.717, 1.165) is 33.5 Å². The number of benzene rings is 2.